The smallest absolute Gasteiger partial charge is 0.265 e. The van der Waals surface area contributed by atoms with Crippen LogP contribution in [-0.4, -0.2) is 64.2 Å². The van der Waals surface area contributed by atoms with Crippen molar-refractivity contribution in [2.75, 3.05) is 54.4 Å². The van der Waals surface area contributed by atoms with Crippen molar-refractivity contribution in [3.8, 4) is 23.1 Å². The number of nitrogens with zero attached hydrogens (tertiary/aromatic N) is 4. The van der Waals surface area contributed by atoms with Crippen LogP contribution in [-0.2, 0) is 20.2 Å². The molecule has 0 atom stereocenters. The van der Waals surface area contributed by atoms with Crippen molar-refractivity contribution in [3.05, 3.63) is 84.4 Å². The number of carbonyl (C=O) groups is 1. The van der Waals surface area contributed by atoms with Gasteiger partial charge in [0.1, 0.15) is 0 Å². The van der Waals surface area contributed by atoms with Crippen LogP contribution in [0.15, 0.2) is 83.8 Å². The highest BCUT2D eigenvalue weighted by molar-refractivity contribution is 7.92. The summed E-state index contributed by atoms with van der Waals surface area (Å²) in [6, 6.07) is 23.6. The third-order valence-electron chi connectivity index (χ3n) is 7.64. The van der Waals surface area contributed by atoms with Crippen molar-refractivity contribution in [2.24, 2.45) is 5.73 Å². The Hall–Kier alpha value is -5.04. The SMILES string of the molecule is COc1ccccc1Oc1c(NS(=O)(=O)c2ccc(C(C)(C)C)cc2)nc(N2CCN(c3ccccc3)CC2)nc1OCCC(N)=O. The number of nitrogens with one attached hydrogen (secondary N) is 1. The Labute approximate surface area is 275 Å². The Kier molecular flexibility index (Phi) is 10.0. The summed E-state index contributed by atoms with van der Waals surface area (Å²) in [6.45, 7) is 8.54. The first kappa shape index (κ1) is 33.3. The summed E-state index contributed by atoms with van der Waals surface area (Å²) in [7, 11) is -2.66. The third-order valence-corrected chi connectivity index (χ3v) is 8.99. The van der Waals surface area contributed by atoms with Crippen LogP contribution in [0.5, 0.6) is 23.1 Å². The first-order valence-corrected chi connectivity index (χ1v) is 16.8. The molecule has 1 fully saturated rings. The molecule has 1 saturated heterocycles. The molecule has 248 valence electrons. The number of primary amides is 1. The second-order valence-electron chi connectivity index (χ2n) is 12.0. The Balaban J connectivity index is 1.55. The van der Waals surface area contributed by atoms with Crippen LogP contribution in [0.25, 0.3) is 0 Å². The van der Waals surface area contributed by atoms with Crippen molar-refractivity contribution >= 4 is 33.4 Å². The van der Waals surface area contributed by atoms with E-state index in [0.717, 1.165) is 11.3 Å². The number of aromatic nitrogens is 2. The quantitative estimate of drug-likeness (QED) is 0.214. The lowest BCUT2D eigenvalue weighted by atomic mass is 9.87. The molecule has 0 bridgehead atoms. The average Bonchev–Trinajstić information content (AvgIpc) is 3.06. The van der Waals surface area contributed by atoms with Gasteiger partial charge < -0.3 is 29.7 Å². The summed E-state index contributed by atoms with van der Waals surface area (Å²) in [5.41, 5.74) is 7.31. The first-order valence-electron chi connectivity index (χ1n) is 15.3. The van der Waals surface area contributed by atoms with Crippen LogP contribution < -0.4 is 34.5 Å². The lowest BCUT2D eigenvalue weighted by Crippen LogP contribution is -2.47. The minimum Gasteiger partial charge on any atom is -0.493 e. The van der Waals surface area contributed by atoms with Crippen molar-refractivity contribution in [3.63, 3.8) is 0 Å². The molecule has 47 heavy (non-hydrogen) atoms. The fourth-order valence-electron chi connectivity index (χ4n) is 5.00. The Morgan fingerprint density at radius 2 is 1.49 bits per heavy atom. The lowest BCUT2D eigenvalue weighted by molar-refractivity contribution is -0.118. The van der Waals surface area contributed by atoms with E-state index in [1.165, 1.54) is 7.11 Å². The van der Waals surface area contributed by atoms with E-state index in [2.05, 4.69) is 52.5 Å². The standard InChI is InChI=1S/C34H40N6O6S/c1-34(2,3)24-14-16-26(17-15-24)47(42,43)38-31-30(46-28-13-9-8-12-27(28)44-4)32(45-23-18-29(35)41)37-33(36-31)40-21-19-39(20-22-40)25-10-6-5-7-11-25/h5-17H,18-23H2,1-4H3,(H2,35,41)(H,36,37,38). The van der Waals surface area contributed by atoms with Crippen LogP contribution in [0, 0.1) is 0 Å². The van der Waals surface area contributed by atoms with Crippen LogP contribution in [0.4, 0.5) is 17.5 Å². The molecule has 1 amide bonds. The molecule has 0 unspecified atom stereocenters. The van der Waals surface area contributed by atoms with Gasteiger partial charge in [0.15, 0.2) is 17.3 Å². The van der Waals surface area contributed by atoms with Crippen molar-refractivity contribution in [1.29, 1.82) is 0 Å². The van der Waals surface area contributed by atoms with E-state index in [1.54, 1.807) is 48.5 Å². The van der Waals surface area contributed by atoms with Gasteiger partial charge in [-0.25, -0.2) is 8.42 Å². The van der Waals surface area contributed by atoms with Gasteiger partial charge in [-0.3, -0.25) is 9.52 Å². The zero-order valence-electron chi connectivity index (χ0n) is 27.0. The van der Waals surface area contributed by atoms with Crippen LogP contribution >= 0.6 is 0 Å². The maximum atomic E-state index is 13.8. The van der Waals surface area contributed by atoms with E-state index in [1.807, 2.05) is 23.1 Å². The van der Waals surface area contributed by atoms with E-state index < -0.39 is 15.9 Å². The molecule has 3 N–H and O–H groups in total. The van der Waals surface area contributed by atoms with Crippen LogP contribution in [0.3, 0.4) is 0 Å². The zero-order chi connectivity index (χ0) is 33.6. The number of methoxy groups -OCH3 is 1. The second-order valence-corrected chi connectivity index (χ2v) is 13.7. The molecule has 2 heterocycles. The molecular formula is C34H40N6O6S. The van der Waals surface area contributed by atoms with Gasteiger partial charge in [0, 0.05) is 31.9 Å². The maximum Gasteiger partial charge on any atom is 0.265 e. The van der Waals surface area contributed by atoms with Crippen molar-refractivity contribution in [2.45, 2.75) is 37.5 Å². The molecule has 1 aliphatic rings. The Morgan fingerprint density at radius 3 is 2.11 bits per heavy atom. The highest BCUT2D eigenvalue weighted by Gasteiger charge is 2.28. The second kappa shape index (κ2) is 14.2. The predicted molar refractivity (Wildman–Crippen MR) is 181 cm³/mol. The number of benzene rings is 3. The van der Waals surface area contributed by atoms with Crippen molar-refractivity contribution < 1.29 is 27.4 Å². The van der Waals surface area contributed by atoms with Gasteiger partial charge >= 0.3 is 0 Å². The Bertz CT molecular complexity index is 1790. The van der Waals surface area contributed by atoms with Crippen LogP contribution in [0.2, 0.25) is 0 Å². The van der Waals surface area contributed by atoms with Gasteiger partial charge in [0.05, 0.1) is 25.0 Å². The minimum atomic E-state index is -4.16. The monoisotopic (exact) mass is 660 g/mol. The predicted octanol–water partition coefficient (Wildman–Crippen LogP) is 4.96. The van der Waals surface area contributed by atoms with Crippen LogP contribution in [0.1, 0.15) is 32.8 Å². The number of rotatable bonds is 12. The van der Waals surface area contributed by atoms with E-state index in [9.17, 15) is 13.2 Å². The number of sulfonamides is 1. The molecule has 4 aromatic rings. The molecule has 0 saturated carbocycles. The molecule has 1 aliphatic heterocycles. The number of anilines is 3. The molecule has 0 spiro atoms. The lowest BCUT2D eigenvalue weighted by Gasteiger charge is -2.36. The Morgan fingerprint density at radius 1 is 0.872 bits per heavy atom. The number of piperazine rings is 1. The average molecular weight is 661 g/mol. The topological polar surface area (TPSA) is 149 Å². The number of amides is 1. The summed E-state index contributed by atoms with van der Waals surface area (Å²) in [5, 5.41) is 0. The van der Waals surface area contributed by atoms with Gasteiger partial charge in [-0.05, 0) is 47.4 Å². The summed E-state index contributed by atoms with van der Waals surface area (Å²) in [5.74, 6) is 0.0400. The summed E-state index contributed by atoms with van der Waals surface area (Å²) in [6.07, 6.45) is -0.0929. The number of nitrogens with two attached hydrogens (primary N) is 1. The fourth-order valence-corrected chi connectivity index (χ4v) is 6.01. The maximum absolute atomic E-state index is 13.8. The molecule has 5 rings (SSSR count). The summed E-state index contributed by atoms with van der Waals surface area (Å²) in [4.78, 5) is 25.2. The van der Waals surface area contributed by atoms with E-state index in [4.69, 9.17) is 19.9 Å². The van der Waals surface area contributed by atoms with E-state index >= 15 is 0 Å². The van der Waals surface area contributed by atoms with E-state index in [-0.39, 0.29) is 52.5 Å². The van der Waals surface area contributed by atoms with Gasteiger partial charge in [0.25, 0.3) is 15.9 Å². The largest absolute Gasteiger partial charge is 0.493 e. The summed E-state index contributed by atoms with van der Waals surface area (Å²) < 4.78 is 47.9. The van der Waals surface area contributed by atoms with Crippen molar-refractivity contribution in [1.82, 2.24) is 9.97 Å². The molecule has 13 heteroatoms. The number of para-hydroxylation sites is 3. The van der Waals surface area contributed by atoms with E-state index in [0.29, 0.717) is 31.9 Å². The van der Waals surface area contributed by atoms with Gasteiger partial charge in [-0.2, -0.15) is 9.97 Å². The molecular weight excluding hydrogens is 620 g/mol. The molecule has 1 aromatic heterocycles. The molecule has 0 aliphatic carbocycles. The number of hydrogen-bond acceptors (Lipinski definition) is 10. The number of hydrogen-bond donors (Lipinski definition) is 2. The fraction of sp³-hybridized carbons (Fsp3) is 0.324. The minimum absolute atomic E-state index is 0.0431. The highest BCUT2D eigenvalue weighted by atomic mass is 32.2. The van der Waals surface area contributed by atoms with Gasteiger partial charge in [-0.15, -0.1) is 0 Å². The number of carbonyl (C=O) groups excluding carboxylic acids is 1. The normalized spacial score (nSPS) is 13.6. The highest BCUT2D eigenvalue weighted by Crippen LogP contribution is 2.42. The first-order chi connectivity index (χ1) is 22.4. The zero-order valence-corrected chi connectivity index (χ0v) is 27.8. The number of ether oxygens (including phenoxy) is 3. The molecule has 3 aromatic carbocycles. The summed E-state index contributed by atoms with van der Waals surface area (Å²) >= 11 is 0. The molecule has 0 radical (unpaired) electrons. The van der Waals surface area contributed by atoms with Gasteiger partial charge in [0.2, 0.25) is 17.6 Å². The molecule has 12 nitrogen and oxygen atoms in total. The van der Waals surface area contributed by atoms with Gasteiger partial charge in [-0.1, -0.05) is 63.2 Å². The third kappa shape index (κ3) is 8.22.